The Labute approximate surface area is 110 Å². The molecule has 0 fully saturated rings. The zero-order valence-corrected chi connectivity index (χ0v) is 10.7. The Morgan fingerprint density at radius 1 is 1.32 bits per heavy atom. The molecule has 0 amide bonds. The molecule has 4 nitrogen and oxygen atoms in total. The molecular formula is C13H17F2NO3. The molecule has 0 aromatic heterocycles. The normalized spacial score (nSPS) is 16.9. The highest BCUT2D eigenvalue weighted by molar-refractivity contribution is 5.50. The van der Waals surface area contributed by atoms with E-state index >= 15 is 0 Å². The summed E-state index contributed by atoms with van der Waals surface area (Å²) in [6.07, 6.45) is 0.688. The number of hydrogen-bond donors (Lipinski definition) is 2. The highest BCUT2D eigenvalue weighted by Gasteiger charge is 2.31. The van der Waals surface area contributed by atoms with E-state index in [1.165, 1.54) is 12.1 Å². The lowest BCUT2D eigenvalue weighted by atomic mass is 9.96. The molecule has 0 saturated carbocycles. The van der Waals surface area contributed by atoms with Gasteiger partial charge < -0.3 is 20.3 Å². The van der Waals surface area contributed by atoms with Gasteiger partial charge in [0.05, 0.1) is 25.9 Å². The Kier molecular flexibility index (Phi) is 3.91. The largest absolute Gasteiger partial charge is 0.490 e. The summed E-state index contributed by atoms with van der Waals surface area (Å²) in [7, 11) is 0. The molecule has 1 aliphatic rings. The van der Waals surface area contributed by atoms with Crippen LogP contribution in [0.25, 0.3) is 0 Å². The second-order valence-corrected chi connectivity index (χ2v) is 4.61. The number of rotatable bonds is 3. The van der Waals surface area contributed by atoms with E-state index in [1.54, 1.807) is 0 Å². The number of benzene rings is 1. The van der Waals surface area contributed by atoms with Gasteiger partial charge in [0.25, 0.3) is 5.92 Å². The van der Waals surface area contributed by atoms with Gasteiger partial charge in [-0.3, -0.25) is 0 Å². The van der Waals surface area contributed by atoms with Gasteiger partial charge in [0.1, 0.15) is 0 Å². The van der Waals surface area contributed by atoms with Crippen LogP contribution < -0.4 is 15.2 Å². The SMILES string of the molecule is CC(F)(F)c1cc2c(cc1C(N)CO)OCCCO2. The predicted octanol–water partition coefficient (Wildman–Crippen LogP) is 1.95. The van der Waals surface area contributed by atoms with E-state index in [-0.39, 0.29) is 11.1 Å². The Morgan fingerprint density at radius 3 is 2.42 bits per heavy atom. The maximum atomic E-state index is 13.6. The van der Waals surface area contributed by atoms with Crippen LogP contribution in [0.2, 0.25) is 0 Å². The van der Waals surface area contributed by atoms with Crippen molar-refractivity contribution in [3.05, 3.63) is 23.3 Å². The van der Waals surface area contributed by atoms with Crippen molar-refractivity contribution in [3.63, 3.8) is 0 Å². The summed E-state index contributed by atoms with van der Waals surface area (Å²) in [4.78, 5) is 0. The first-order chi connectivity index (χ1) is 8.93. The second-order valence-electron chi connectivity index (χ2n) is 4.61. The summed E-state index contributed by atoms with van der Waals surface area (Å²) in [6.45, 7) is 1.26. The smallest absolute Gasteiger partial charge is 0.270 e. The Morgan fingerprint density at radius 2 is 1.89 bits per heavy atom. The molecule has 6 heteroatoms. The van der Waals surface area contributed by atoms with Crippen molar-refractivity contribution < 1.29 is 23.4 Å². The Balaban J connectivity index is 2.54. The number of alkyl halides is 2. The molecule has 106 valence electrons. The fourth-order valence-electron chi connectivity index (χ4n) is 2.01. The van der Waals surface area contributed by atoms with Gasteiger partial charge in [-0.25, -0.2) is 8.78 Å². The molecule has 1 aromatic rings. The highest BCUT2D eigenvalue weighted by Crippen LogP contribution is 2.40. The van der Waals surface area contributed by atoms with Crippen molar-refractivity contribution in [2.75, 3.05) is 19.8 Å². The van der Waals surface area contributed by atoms with Crippen LogP contribution in [-0.4, -0.2) is 24.9 Å². The van der Waals surface area contributed by atoms with Gasteiger partial charge in [0, 0.05) is 18.9 Å². The minimum atomic E-state index is -3.06. The van der Waals surface area contributed by atoms with Crippen molar-refractivity contribution in [3.8, 4) is 11.5 Å². The van der Waals surface area contributed by atoms with Crippen molar-refractivity contribution in [2.24, 2.45) is 5.73 Å². The van der Waals surface area contributed by atoms with Crippen LogP contribution in [0.1, 0.15) is 30.5 Å². The summed E-state index contributed by atoms with van der Waals surface area (Å²) in [5.74, 6) is -2.38. The minimum Gasteiger partial charge on any atom is -0.490 e. The van der Waals surface area contributed by atoms with E-state index in [9.17, 15) is 8.78 Å². The maximum Gasteiger partial charge on any atom is 0.270 e. The van der Waals surface area contributed by atoms with Gasteiger partial charge in [0.2, 0.25) is 0 Å². The number of hydrogen-bond acceptors (Lipinski definition) is 4. The fraction of sp³-hybridized carbons (Fsp3) is 0.538. The topological polar surface area (TPSA) is 64.7 Å². The first-order valence-electron chi connectivity index (χ1n) is 6.11. The quantitative estimate of drug-likeness (QED) is 0.883. The molecule has 0 radical (unpaired) electrons. The molecule has 1 atom stereocenters. The molecular weight excluding hydrogens is 256 g/mol. The molecule has 0 bridgehead atoms. The summed E-state index contributed by atoms with van der Waals surface area (Å²) >= 11 is 0. The van der Waals surface area contributed by atoms with Crippen LogP contribution in [0, 0.1) is 0 Å². The number of aliphatic hydroxyl groups is 1. The molecule has 19 heavy (non-hydrogen) atoms. The summed E-state index contributed by atoms with van der Waals surface area (Å²) in [6, 6.07) is 1.82. The fourth-order valence-corrected chi connectivity index (χ4v) is 2.01. The molecule has 1 unspecified atom stereocenters. The Hall–Kier alpha value is -1.40. The van der Waals surface area contributed by atoms with Crippen molar-refractivity contribution >= 4 is 0 Å². The van der Waals surface area contributed by atoms with E-state index in [1.807, 2.05) is 0 Å². The lowest BCUT2D eigenvalue weighted by Gasteiger charge is -2.21. The maximum absolute atomic E-state index is 13.6. The first kappa shape index (κ1) is 14.0. The van der Waals surface area contributed by atoms with Gasteiger partial charge >= 0.3 is 0 Å². The van der Waals surface area contributed by atoms with Gasteiger partial charge in [-0.05, 0) is 17.7 Å². The monoisotopic (exact) mass is 273 g/mol. The average Bonchev–Trinajstić information content (AvgIpc) is 2.59. The first-order valence-corrected chi connectivity index (χ1v) is 6.11. The number of aliphatic hydroxyl groups excluding tert-OH is 1. The van der Waals surface area contributed by atoms with E-state index < -0.39 is 18.6 Å². The van der Waals surface area contributed by atoms with Crippen LogP contribution >= 0.6 is 0 Å². The standard InChI is InChI=1S/C13H17F2NO3/c1-13(14,15)9-6-12-11(18-3-2-4-19-12)5-8(9)10(16)7-17/h5-6,10,17H,2-4,7,16H2,1H3. The van der Waals surface area contributed by atoms with E-state index in [0.29, 0.717) is 31.1 Å². The third-order valence-electron chi connectivity index (χ3n) is 2.99. The molecule has 0 aliphatic carbocycles. The van der Waals surface area contributed by atoms with Crippen LogP contribution in [0.3, 0.4) is 0 Å². The molecule has 1 aliphatic heterocycles. The Bertz CT molecular complexity index is 460. The zero-order valence-electron chi connectivity index (χ0n) is 10.7. The summed E-state index contributed by atoms with van der Waals surface area (Å²) < 4.78 is 38.1. The minimum absolute atomic E-state index is 0.180. The molecule has 0 saturated heterocycles. The van der Waals surface area contributed by atoms with E-state index in [2.05, 4.69) is 0 Å². The van der Waals surface area contributed by atoms with Crippen LogP contribution in [0.15, 0.2) is 12.1 Å². The lowest BCUT2D eigenvalue weighted by molar-refractivity contribution is 0.0156. The molecule has 3 N–H and O–H groups in total. The van der Waals surface area contributed by atoms with E-state index in [0.717, 1.165) is 6.92 Å². The summed E-state index contributed by atoms with van der Waals surface area (Å²) in [5, 5.41) is 9.10. The van der Waals surface area contributed by atoms with Crippen LogP contribution in [0.4, 0.5) is 8.78 Å². The van der Waals surface area contributed by atoms with E-state index in [4.69, 9.17) is 20.3 Å². The van der Waals surface area contributed by atoms with Gasteiger partial charge in [-0.1, -0.05) is 0 Å². The van der Waals surface area contributed by atoms with Gasteiger partial charge in [-0.15, -0.1) is 0 Å². The third kappa shape index (κ3) is 2.96. The second kappa shape index (κ2) is 5.30. The van der Waals surface area contributed by atoms with Crippen molar-refractivity contribution in [2.45, 2.75) is 25.3 Å². The molecule has 0 spiro atoms. The number of ether oxygens (including phenoxy) is 2. The highest BCUT2D eigenvalue weighted by atomic mass is 19.3. The third-order valence-corrected chi connectivity index (χ3v) is 2.99. The van der Waals surface area contributed by atoms with Crippen LogP contribution in [0.5, 0.6) is 11.5 Å². The lowest BCUT2D eigenvalue weighted by Crippen LogP contribution is -2.21. The van der Waals surface area contributed by atoms with Crippen molar-refractivity contribution in [1.29, 1.82) is 0 Å². The number of nitrogens with two attached hydrogens (primary N) is 1. The number of fused-ring (bicyclic) bond motifs is 1. The average molecular weight is 273 g/mol. The number of halogens is 2. The molecule has 1 aromatic carbocycles. The zero-order chi connectivity index (χ0) is 14.0. The molecule has 2 rings (SSSR count). The summed E-state index contributed by atoms with van der Waals surface area (Å²) in [5.41, 5.74) is 5.63. The predicted molar refractivity (Wildman–Crippen MR) is 65.6 cm³/mol. The van der Waals surface area contributed by atoms with Gasteiger partial charge in [-0.2, -0.15) is 0 Å². The van der Waals surface area contributed by atoms with Crippen molar-refractivity contribution in [1.82, 2.24) is 0 Å². The van der Waals surface area contributed by atoms with Crippen LogP contribution in [-0.2, 0) is 5.92 Å². The van der Waals surface area contributed by atoms with Gasteiger partial charge in [0.15, 0.2) is 11.5 Å². The molecule has 1 heterocycles.